The topological polar surface area (TPSA) is 12.9 Å². The summed E-state index contributed by atoms with van der Waals surface area (Å²) in [7, 11) is 0. The van der Waals surface area contributed by atoms with Crippen molar-refractivity contribution in [2.24, 2.45) is 5.92 Å². The Balaban J connectivity index is 2.65. The Hall–Kier alpha value is -1.11. The zero-order valence-electron chi connectivity index (χ0n) is 6.99. The van der Waals surface area contributed by atoms with Gasteiger partial charge in [-0.15, -0.1) is 0 Å². The van der Waals surface area contributed by atoms with Crippen molar-refractivity contribution in [2.45, 2.75) is 13.8 Å². The molecule has 0 radical (unpaired) electrons. The van der Waals surface area contributed by atoms with E-state index in [9.17, 15) is 0 Å². The van der Waals surface area contributed by atoms with E-state index in [-0.39, 0.29) is 0 Å². The summed E-state index contributed by atoms with van der Waals surface area (Å²) in [4.78, 5) is 4.01. The predicted molar refractivity (Wildman–Crippen MR) is 48.1 cm³/mol. The third kappa shape index (κ3) is 2.99. The molecule has 1 aromatic heterocycles. The Bertz CT molecular complexity index is 224. The van der Waals surface area contributed by atoms with Crippen LogP contribution >= 0.6 is 0 Å². The molecule has 1 rings (SSSR count). The minimum atomic E-state index is 0.607. The van der Waals surface area contributed by atoms with Crippen molar-refractivity contribution in [2.75, 3.05) is 0 Å². The lowest BCUT2D eigenvalue weighted by molar-refractivity contribution is 0.836. The van der Waals surface area contributed by atoms with Gasteiger partial charge in [-0.25, -0.2) is 0 Å². The van der Waals surface area contributed by atoms with Crippen LogP contribution in [0.2, 0.25) is 0 Å². The molecule has 0 amide bonds. The van der Waals surface area contributed by atoms with Gasteiger partial charge < -0.3 is 0 Å². The molecule has 0 aliphatic carbocycles. The highest BCUT2D eigenvalue weighted by atomic mass is 14.6. The molecule has 0 unspecified atom stereocenters. The molecule has 11 heavy (non-hydrogen) atoms. The van der Waals surface area contributed by atoms with Crippen LogP contribution in [0.15, 0.2) is 30.6 Å². The van der Waals surface area contributed by atoms with Gasteiger partial charge in [-0.3, -0.25) is 4.98 Å². The monoisotopic (exact) mass is 147 g/mol. The van der Waals surface area contributed by atoms with Crippen LogP contribution in [0, 0.1) is 5.92 Å². The summed E-state index contributed by atoms with van der Waals surface area (Å²) in [6.07, 6.45) is 7.90. The summed E-state index contributed by atoms with van der Waals surface area (Å²) >= 11 is 0. The van der Waals surface area contributed by atoms with Crippen LogP contribution in [0.1, 0.15) is 19.4 Å². The molecule has 1 heterocycles. The summed E-state index contributed by atoms with van der Waals surface area (Å²) in [6, 6.07) is 3.99. The fourth-order valence-corrected chi connectivity index (χ4v) is 0.778. The minimum absolute atomic E-state index is 0.607. The van der Waals surface area contributed by atoms with Crippen molar-refractivity contribution in [1.82, 2.24) is 4.98 Å². The number of rotatable bonds is 2. The van der Waals surface area contributed by atoms with Crippen molar-refractivity contribution in [3.63, 3.8) is 0 Å². The third-order valence-electron chi connectivity index (χ3n) is 1.36. The molecular weight excluding hydrogens is 134 g/mol. The van der Waals surface area contributed by atoms with Crippen LogP contribution < -0.4 is 0 Å². The van der Waals surface area contributed by atoms with Crippen LogP contribution in [-0.2, 0) is 0 Å². The fraction of sp³-hybridized carbons (Fsp3) is 0.300. The maximum atomic E-state index is 4.01. The second-order valence-electron chi connectivity index (χ2n) is 2.89. The lowest BCUT2D eigenvalue weighted by Crippen LogP contribution is -1.78. The largest absolute Gasteiger partial charge is 0.264 e. The first-order chi connectivity index (χ1) is 5.29. The third-order valence-corrected chi connectivity index (χ3v) is 1.36. The molecule has 0 aliphatic rings. The number of hydrogen-bond donors (Lipinski definition) is 0. The molecule has 0 aliphatic heterocycles. The van der Waals surface area contributed by atoms with Crippen molar-refractivity contribution in [3.05, 3.63) is 36.2 Å². The van der Waals surface area contributed by atoms with Crippen molar-refractivity contribution in [1.29, 1.82) is 0 Å². The molecule has 58 valence electrons. The first-order valence-corrected chi connectivity index (χ1v) is 3.87. The SMILES string of the molecule is CC(C)/C=C\c1cccnc1. The van der Waals surface area contributed by atoms with E-state index in [4.69, 9.17) is 0 Å². The first-order valence-electron chi connectivity index (χ1n) is 3.87. The number of pyridine rings is 1. The van der Waals surface area contributed by atoms with Crippen LogP contribution in [0.5, 0.6) is 0 Å². The van der Waals surface area contributed by atoms with Crippen LogP contribution in [0.25, 0.3) is 6.08 Å². The molecule has 0 bridgehead atoms. The van der Waals surface area contributed by atoms with Gasteiger partial charge in [0.25, 0.3) is 0 Å². The maximum absolute atomic E-state index is 4.01. The lowest BCUT2D eigenvalue weighted by Gasteiger charge is -1.93. The Labute approximate surface area is 67.8 Å². The Kier molecular flexibility index (Phi) is 2.84. The Morgan fingerprint density at radius 1 is 1.45 bits per heavy atom. The van der Waals surface area contributed by atoms with Gasteiger partial charge in [-0.05, 0) is 17.5 Å². The molecule has 1 heteroatoms. The minimum Gasteiger partial charge on any atom is -0.264 e. The highest BCUT2D eigenvalue weighted by Crippen LogP contribution is 2.02. The van der Waals surface area contributed by atoms with Gasteiger partial charge in [0, 0.05) is 12.4 Å². The maximum Gasteiger partial charge on any atom is 0.0340 e. The zero-order chi connectivity index (χ0) is 8.10. The summed E-state index contributed by atoms with van der Waals surface area (Å²) in [6.45, 7) is 4.32. The smallest absolute Gasteiger partial charge is 0.0340 e. The molecule has 0 saturated carbocycles. The van der Waals surface area contributed by atoms with E-state index in [0.717, 1.165) is 0 Å². The van der Waals surface area contributed by atoms with Gasteiger partial charge >= 0.3 is 0 Å². The van der Waals surface area contributed by atoms with Gasteiger partial charge in [-0.2, -0.15) is 0 Å². The van der Waals surface area contributed by atoms with Crippen LogP contribution in [0.3, 0.4) is 0 Å². The van der Waals surface area contributed by atoms with Gasteiger partial charge in [0.15, 0.2) is 0 Å². The van der Waals surface area contributed by atoms with E-state index in [2.05, 4.69) is 31.0 Å². The zero-order valence-corrected chi connectivity index (χ0v) is 6.99. The van der Waals surface area contributed by atoms with E-state index in [1.807, 2.05) is 18.3 Å². The standard InChI is InChI=1S/C10H13N/c1-9(2)5-6-10-4-3-7-11-8-10/h3-9H,1-2H3/b6-5-. The number of aromatic nitrogens is 1. The van der Waals surface area contributed by atoms with Gasteiger partial charge in [-0.1, -0.05) is 32.1 Å². The van der Waals surface area contributed by atoms with Crippen molar-refractivity contribution in [3.8, 4) is 0 Å². The summed E-state index contributed by atoms with van der Waals surface area (Å²) in [5, 5.41) is 0. The lowest BCUT2D eigenvalue weighted by atomic mass is 10.1. The second kappa shape index (κ2) is 3.91. The van der Waals surface area contributed by atoms with E-state index in [0.29, 0.717) is 5.92 Å². The Morgan fingerprint density at radius 3 is 2.82 bits per heavy atom. The van der Waals surface area contributed by atoms with E-state index >= 15 is 0 Å². The second-order valence-corrected chi connectivity index (χ2v) is 2.89. The molecule has 1 nitrogen and oxygen atoms in total. The van der Waals surface area contributed by atoms with Crippen molar-refractivity contribution < 1.29 is 0 Å². The van der Waals surface area contributed by atoms with E-state index in [1.54, 1.807) is 6.20 Å². The number of nitrogens with zero attached hydrogens (tertiary/aromatic N) is 1. The van der Waals surface area contributed by atoms with E-state index < -0.39 is 0 Å². The van der Waals surface area contributed by atoms with Gasteiger partial charge in [0.1, 0.15) is 0 Å². The summed E-state index contributed by atoms with van der Waals surface area (Å²) in [5.41, 5.74) is 1.17. The molecular formula is C10H13N. The highest BCUT2D eigenvalue weighted by Gasteiger charge is 1.85. The van der Waals surface area contributed by atoms with Crippen molar-refractivity contribution >= 4 is 6.08 Å². The van der Waals surface area contributed by atoms with Gasteiger partial charge in [0.05, 0.1) is 0 Å². The first kappa shape index (κ1) is 7.99. The number of allylic oxidation sites excluding steroid dienone is 1. The van der Waals surface area contributed by atoms with Gasteiger partial charge in [0.2, 0.25) is 0 Å². The molecule has 0 aromatic carbocycles. The molecule has 0 spiro atoms. The molecule has 0 saturated heterocycles. The summed E-state index contributed by atoms with van der Waals surface area (Å²) in [5.74, 6) is 0.607. The van der Waals surface area contributed by atoms with Crippen LogP contribution in [-0.4, -0.2) is 4.98 Å². The summed E-state index contributed by atoms with van der Waals surface area (Å²) < 4.78 is 0. The number of hydrogen-bond acceptors (Lipinski definition) is 1. The molecule has 0 atom stereocenters. The van der Waals surface area contributed by atoms with Crippen LogP contribution in [0.4, 0.5) is 0 Å². The molecule has 0 fully saturated rings. The fourth-order valence-electron chi connectivity index (χ4n) is 0.778. The molecule has 0 N–H and O–H groups in total. The normalized spacial score (nSPS) is 11.2. The quantitative estimate of drug-likeness (QED) is 0.626. The average Bonchev–Trinajstić information content (AvgIpc) is 2.03. The molecule has 1 aromatic rings. The highest BCUT2D eigenvalue weighted by molar-refractivity contribution is 5.47. The predicted octanol–water partition coefficient (Wildman–Crippen LogP) is 2.75. The average molecular weight is 147 g/mol. The Morgan fingerprint density at radius 2 is 2.27 bits per heavy atom. The van der Waals surface area contributed by atoms with E-state index in [1.165, 1.54) is 5.56 Å².